The van der Waals surface area contributed by atoms with Crippen molar-refractivity contribution in [1.82, 2.24) is 4.98 Å². The number of nitrogens with two attached hydrogens (primary N) is 1. The molecule has 0 atom stereocenters. The van der Waals surface area contributed by atoms with Crippen LogP contribution >= 0.6 is 11.3 Å². The molecule has 0 radical (unpaired) electrons. The van der Waals surface area contributed by atoms with Crippen LogP contribution in [-0.4, -0.2) is 18.0 Å². The van der Waals surface area contributed by atoms with Crippen molar-refractivity contribution in [1.29, 1.82) is 0 Å². The summed E-state index contributed by atoms with van der Waals surface area (Å²) in [5.41, 5.74) is 5.73. The summed E-state index contributed by atoms with van der Waals surface area (Å²) in [5.74, 6) is 0.950. The number of hydrogen-bond donors (Lipinski definition) is 2. The number of nitrogens with zero attached hydrogens (tertiary/aromatic N) is 1. The van der Waals surface area contributed by atoms with Gasteiger partial charge in [0.25, 0.3) is 0 Å². The van der Waals surface area contributed by atoms with Gasteiger partial charge in [-0.1, -0.05) is 0 Å². The zero-order valence-corrected chi connectivity index (χ0v) is 10.7. The van der Waals surface area contributed by atoms with E-state index in [1.165, 1.54) is 11.3 Å². The lowest BCUT2D eigenvalue weighted by molar-refractivity contribution is 0.100. The van der Waals surface area contributed by atoms with Gasteiger partial charge in [0.1, 0.15) is 0 Å². The molecule has 2 aromatic heterocycles. The van der Waals surface area contributed by atoms with Crippen molar-refractivity contribution in [2.45, 2.75) is 6.54 Å². The molecule has 0 aromatic carbocycles. The average Bonchev–Trinajstić information content (AvgIpc) is 2.85. The van der Waals surface area contributed by atoms with E-state index in [2.05, 4.69) is 10.3 Å². The van der Waals surface area contributed by atoms with Crippen LogP contribution in [0.3, 0.4) is 0 Å². The Balaban J connectivity index is 2.04. The second-order valence-electron chi connectivity index (χ2n) is 3.57. The fourth-order valence-corrected chi connectivity index (χ4v) is 2.27. The van der Waals surface area contributed by atoms with Gasteiger partial charge in [-0.05, 0) is 18.2 Å². The van der Waals surface area contributed by atoms with Crippen molar-refractivity contribution < 1.29 is 9.53 Å². The quantitative estimate of drug-likeness (QED) is 0.863. The Bertz CT molecular complexity index is 554. The number of carbonyl (C=O) groups is 1. The van der Waals surface area contributed by atoms with Crippen molar-refractivity contribution in [2.75, 3.05) is 12.4 Å². The predicted molar refractivity (Wildman–Crippen MR) is 71.0 cm³/mol. The number of carbonyl (C=O) groups excluding carboxylic acids is 1. The molecule has 0 bridgehead atoms. The van der Waals surface area contributed by atoms with E-state index in [1.54, 1.807) is 30.8 Å². The molecule has 2 aromatic rings. The van der Waals surface area contributed by atoms with E-state index in [0.29, 0.717) is 23.7 Å². The first-order chi connectivity index (χ1) is 8.70. The maximum atomic E-state index is 11.0. The number of anilines is 1. The number of pyridine rings is 1. The summed E-state index contributed by atoms with van der Waals surface area (Å²) in [6, 6.07) is 5.41. The molecule has 18 heavy (non-hydrogen) atoms. The summed E-state index contributed by atoms with van der Waals surface area (Å²) in [6.07, 6.45) is 1.69. The summed E-state index contributed by atoms with van der Waals surface area (Å²) in [6.45, 7) is 0.575. The monoisotopic (exact) mass is 263 g/mol. The van der Waals surface area contributed by atoms with Gasteiger partial charge in [-0.15, -0.1) is 11.3 Å². The summed E-state index contributed by atoms with van der Waals surface area (Å²) >= 11 is 1.48. The normalized spacial score (nSPS) is 10.1. The Morgan fingerprint density at radius 1 is 1.61 bits per heavy atom. The van der Waals surface area contributed by atoms with Crippen molar-refractivity contribution in [3.63, 3.8) is 0 Å². The highest BCUT2D eigenvalue weighted by atomic mass is 32.1. The molecular formula is C12H13N3O2S. The SMILES string of the molecule is COc1cccnc1NCc1cc(C(N)=O)cs1. The van der Waals surface area contributed by atoms with Crippen LogP contribution in [0.15, 0.2) is 29.8 Å². The number of ether oxygens (including phenoxy) is 1. The molecule has 2 heterocycles. The van der Waals surface area contributed by atoms with Gasteiger partial charge >= 0.3 is 0 Å². The molecule has 0 unspecified atom stereocenters. The highest BCUT2D eigenvalue weighted by Gasteiger charge is 2.06. The molecule has 0 aliphatic carbocycles. The molecule has 0 saturated carbocycles. The van der Waals surface area contributed by atoms with Gasteiger partial charge in [0.15, 0.2) is 11.6 Å². The van der Waals surface area contributed by atoms with Crippen LogP contribution in [0.2, 0.25) is 0 Å². The largest absolute Gasteiger partial charge is 0.493 e. The molecule has 0 saturated heterocycles. The molecule has 0 spiro atoms. The predicted octanol–water partition coefficient (Wildman–Crippen LogP) is 1.86. The van der Waals surface area contributed by atoms with E-state index in [0.717, 1.165) is 4.88 Å². The van der Waals surface area contributed by atoms with Crippen LogP contribution < -0.4 is 15.8 Å². The van der Waals surface area contributed by atoms with Crippen LogP contribution in [0, 0.1) is 0 Å². The molecule has 1 amide bonds. The second kappa shape index (κ2) is 5.50. The molecule has 6 heteroatoms. The maximum Gasteiger partial charge on any atom is 0.249 e. The zero-order chi connectivity index (χ0) is 13.0. The summed E-state index contributed by atoms with van der Waals surface area (Å²) in [7, 11) is 1.60. The molecular weight excluding hydrogens is 250 g/mol. The summed E-state index contributed by atoms with van der Waals surface area (Å²) < 4.78 is 5.18. The fraction of sp³-hybridized carbons (Fsp3) is 0.167. The third-order valence-corrected chi connectivity index (χ3v) is 3.30. The van der Waals surface area contributed by atoms with Crippen molar-refractivity contribution >= 4 is 23.1 Å². The number of thiophene rings is 1. The highest BCUT2D eigenvalue weighted by Crippen LogP contribution is 2.22. The van der Waals surface area contributed by atoms with Gasteiger partial charge in [0, 0.05) is 16.5 Å². The minimum absolute atomic E-state index is 0.409. The van der Waals surface area contributed by atoms with Crippen LogP contribution in [0.4, 0.5) is 5.82 Å². The van der Waals surface area contributed by atoms with E-state index < -0.39 is 5.91 Å². The van der Waals surface area contributed by atoms with Gasteiger partial charge < -0.3 is 15.8 Å². The number of hydrogen-bond acceptors (Lipinski definition) is 5. The number of primary amides is 1. The van der Waals surface area contributed by atoms with Crippen LogP contribution in [0.25, 0.3) is 0 Å². The lowest BCUT2D eigenvalue weighted by Crippen LogP contribution is -2.09. The molecule has 0 aliphatic rings. The zero-order valence-electron chi connectivity index (χ0n) is 9.84. The van der Waals surface area contributed by atoms with Crippen LogP contribution in [0.1, 0.15) is 15.2 Å². The topological polar surface area (TPSA) is 77.2 Å². The Morgan fingerprint density at radius 3 is 3.11 bits per heavy atom. The molecule has 0 fully saturated rings. The van der Waals surface area contributed by atoms with E-state index in [9.17, 15) is 4.79 Å². The lowest BCUT2D eigenvalue weighted by Gasteiger charge is -2.08. The average molecular weight is 263 g/mol. The Labute approximate surface area is 109 Å². The number of aromatic nitrogens is 1. The fourth-order valence-electron chi connectivity index (χ4n) is 1.46. The summed E-state index contributed by atoms with van der Waals surface area (Å²) in [4.78, 5) is 16.2. The van der Waals surface area contributed by atoms with E-state index >= 15 is 0 Å². The molecule has 3 N–H and O–H groups in total. The number of rotatable bonds is 5. The van der Waals surface area contributed by atoms with Crippen LogP contribution in [0.5, 0.6) is 5.75 Å². The standard InChI is InChI=1S/C12H13N3O2S/c1-17-10-3-2-4-14-12(10)15-6-9-5-8(7-18-9)11(13)16/h2-5,7H,6H2,1H3,(H2,13,16)(H,14,15). The lowest BCUT2D eigenvalue weighted by atomic mass is 10.3. The minimum Gasteiger partial charge on any atom is -0.493 e. The third-order valence-electron chi connectivity index (χ3n) is 2.36. The number of amides is 1. The van der Waals surface area contributed by atoms with Gasteiger partial charge in [0.2, 0.25) is 5.91 Å². The van der Waals surface area contributed by atoms with Gasteiger partial charge in [-0.25, -0.2) is 4.98 Å². The molecule has 2 rings (SSSR count). The first kappa shape index (κ1) is 12.4. The third kappa shape index (κ3) is 2.78. The summed E-state index contributed by atoms with van der Waals surface area (Å²) in [5, 5.41) is 4.90. The first-order valence-electron chi connectivity index (χ1n) is 5.31. The van der Waals surface area contributed by atoms with Gasteiger partial charge in [-0.2, -0.15) is 0 Å². The van der Waals surface area contributed by atoms with E-state index in [1.807, 2.05) is 6.07 Å². The Morgan fingerprint density at radius 2 is 2.44 bits per heavy atom. The Hall–Kier alpha value is -2.08. The van der Waals surface area contributed by atoms with E-state index in [4.69, 9.17) is 10.5 Å². The second-order valence-corrected chi connectivity index (χ2v) is 4.57. The molecule has 5 nitrogen and oxygen atoms in total. The maximum absolute atomic E-state index is 11.0. The van der Waals surface area contributed by atoms with Crippen molar-refractivity contribution in [2.24, 2.45) is 5.73 Å². The minimum atomic E-state index is -0.409. The van der Waals surface area contributed by atoms with Crippen molar-refractivity contribution in [3.05, 3.63) is 40.2 Å². The van der Waals surface area contributed by atoms with Crippen molar-refractivity contribution in [3.8, 4) is 5.75 Å². The Kier molecular flexibility index (Phi) is 3.78. The molecule has 0 aliphatic heterocycles. The number of methoxy groups -OCH3 is 1. The highest BCUT2D eigenvalue weighted by molar-refractivity contribution is 7.10. The van der Waals surface area contributed by atoms with Crippen LogP contribution in [-0.2, 0) is 6.54 Å². The van der Waals surface area contributed by atoms with Gasteiger partial charge in [0.05, 0.1) is 19.2 Å². The first-order valence-corrected chi connectivity index (χ1v) is 6.18. The molecule has 94 valence electrons. The number of nitrogens with one attached hydrogen (secondary N) is 1. The smallest absolute Gasteiger partial charge is 0.249 e. The van der Waals surface area contributed by atoms with Gasteiger partial charge in [-0.3, -0.25) is 4.79 Å². The van der Waals surface area contributed by atoms with E-state index in [-0.39, 0.29) is 0 Å².